The Morgan fingerprint density at radius 2 is 1.97 bits per heavy atom. The average Bonchev–Trinajstić information content (AvgIpc) is 3.41. The lowest BCUT2D eigenvalue weighted by molar-refractivity contribution is -0.142. The van der Waals surface area contributed by atoms with Crippen molar-refractivity contribution in [3.8, 4) is 22.1 Å². The van der Waals surface area contributed by atoms with E-state index in [4.69, 9.17) is 21.1 Å². The first-order chi connectivity index (χ1) is 15.2. The maximum Gasteiger partial charge on any atom is 0.433 e. The van der Waals surface area contributed by atoms with Gasteiger partial charge in [0.15, 0.2) is 17.0 Å². The Kier molecular flexibility index (Phi) is 5.70. The van der Waals surface area contributed by atoms with Crippen LogP contribution >= 0.6 is 22.9 Å². The lowest BCUT2D eigenvalue weighted by Crippen LogP contribution is -2.16. The van der Waals surface area contributed by atoms with E-state index in [1.807, 2.05) is 0 Å². The van der Waals surface area contributed by atoms with Crippen molar-refractivity contribution in [1.29, 1.82) is 0 Å². The Hall–Kier alpha value is -3.31. The standard InChI is InChI=1S/C20H14ClF3N4O3S/c1-30-10-5-6-11(13(8-10)31-2)26-19(29)17-16(21)18-25-12(14-4-3-7-32-14)9-15(20(22,23)24)28(18)27-17/h3-9H,1-2H3,(H,26,29). The Bertz CT molecular complexity index is 1310. The molecule has 0 aliphatic rings. The molecule has 0 radical (unpaired) electrons. The van der Waals surface area contributed by atoms with Crippen molar-refractivity contribution in [3.05, 3.63) is 58.2 Å². The Labute approximate surface area is 188 Å². The van der Waals surface area contributed by atoms with E-state index in [-0.39, 0.29) is 27.8 Å². The van der Waals surface area contributed by atoms with Gasteiger partial charge >= 0.3 is 6.18 Å². The second-order valence-electron chi connectivity index (χ2n) is 6.42. The van der Waals surface area contributed by atoms with Gasteiger partial charge in [-0.1, -0.05) is 17.7 Å². The van der Waals surface area contributed by atoms with Crippen molar-refractivity contribution >= 4 is 40.2 Å². The van der Waals surface area contributed by atoms with Gasteiger partial charge in [-0.15, -0.1) is 11.3 Å². The fraction of sp³-hybridized carbons (Fsp3) is 0.150. The summed E-state index contributed by atoms with van der Waals surface area (Å²) < 4.78 is 52.1. The normalized spacial score (nSPS) is 11.6. The molecule has 7 nitrogen and oxygen atoms in total. The molecule has 0 spiro atoms. The number of hydrogen-bond donors (Lipinski definition) is 1. The maximum atomic E-state index is 13.7. The van der Waals surface area contributed by atoms with Crippen LogP contribution in [0.1, 0.15) is 16.2 Å². The largest absolute Gasteiger partial charge is 0.497 e. The molecule has 4 rings (SSSR count). The van der Waals surface area contributed by atoms with Crippen LogP contribution in [0.25, 0.3) is 16.2 Å². The highest BCUT2D eigenvalue weighted by Gasteiger charge is 2.37. The fourth-order valence-corrected chi connectivity index (χ4v) is 3.90. The van der Waals surface area contributed by atoms with E-state index in [1.54, 1.807) is 23.6 Å². The van der Waals surface area contributed by atoms with E-state index in [0.717, 1.165) is 6.07 Å². The van der Waals surface area contributed by atoms with Crippen molar-refractivity contribution in [2.24, 2.45) is 0 Å². The minimum atomic E-state index is -4.75. The molecule has 0 aliphatic carbocycles. The topological polar surface area (TPSA) is 77.8 Å². The van der Waals surface area contributed by atoms with Crippen LogP contribution in [0, 0.1) is 0 Å². The molecule has 3 heterocycles. The Balaban J connectivity index is 1.80. The molecule has 0 bridgehead atoms. The van der Waals surface area contributed by atoms with Crippen molar-refractivity contribution in [2.75, 3.05) is 19.5 Å². The highest BCUT2D eigenvalue weighted by atomic mass is 35.5. The predicted molar refractivity (Wildman–Crippen MR) is 114 cm³/mol. The molecule has 0 saturated heterocycles. The molecule has 0 saturated carbocycles. The number of nitrogens with one attached hydrogen (secondary N) is 1. The van der Waals surface area contributed by atoms with Crippen LogP contribution in [0.2, 0.25) is 5.02 Å². The minimum absolute atomic E-state index is 0.0745. The maximum absolute atomic E-state index is 13.7. The zero-order valence-corrected chi connectivity index (χ0v) is 18.1. The van der Waals surface area contributed by atoms with Crippen LogP contribution in [-0.4, -0.2) is 34.7 Å². The number of amides is 1. The summed E-state index contributed by atoms with van der Waals surface area (Å²) in [6.07, 6.45) is -4.75. The minimum Gasteiger partial charge on any atom is -0.497 e. The number of ether oxygens (including phenoxy) is 2. The number of benzene rings is 1. The quantitative estimate of drug-likeness (QED) is 0.412. The number of methoxy groups -OCH3 is 2. The number of rotatable bonds is 5. The van der Waals surface area contributed by atoms with Gasteiger partial charge in [0, 0.05) is 6.07 Å². The number of fused-ring (bicyclic) bond motifs is 1. The van der Waals surface area contributed by atoms with E-state index >= 15 is 0 Å². The van der Waals surface area contributed by atoms with Gasteiger partial charge < -0.3 is 14.8 Å². The van der Waals surface area contributed by atoms with Crippen molar-refractivity contribution in [2.45, 2.75) is 6.18 Å². The summed E-state index contributed by atoms with van der Waals surface area (Å²) in [5, 5.41) is 7.77. The Morgan fingerprint density at radius 3 is 2.59 bits per heavy atom. The van der Waals surface area contributed by atoms with Crippen LogP contribution in [0.4, 0.5) is 18.9 Å². The van der Waals surface area contributed by atoms with Gasteiger partial charge in [0.05, 0.1) is 30.5 Å². The summed E-state index contributed by atoms with van der Waals surface area (Å²) in [5.41, 5.74) is -1.46. The van der Waals surface area contributed by atoms with Crippen molar-refractivity contribution in [1.82, 2.24) is 14.6 Å². The first kappa shape index (κ1) is 21.9. The van der Waals surface area contributed by atoms with E-state index in [2.05, 4.69) is 15.4 Å². The molecule has 0 fully saturated rings. The molecule has 4 aromatic rings. The molecule has 166 valence electrons. The van der Waals surface area contributed by atoms with Crippen molar-refractivity contribution in [3.63, 3.8) is 0 Å². The highest BCUT2D eigenvalue weighted by molar-refractivity contribution is 7.13. The second-order valence-corrected chi connectivity index (χ2v) is 7.75. The molecule has 32 heavy (non-hydrogen) atoms. The summed E-state index contributed by atoms with van der Waals surface area (Å²) >= 11 is 7.50. The van der Waals surface area contributed by atoms with Gasteiger partial charge in [-0.05, 0) is 29.6 Å². The average molecular weight is 483 g/mol. The van der Waals surface area contributed by atoms with Gasteiger partial charge in [0.1, 0.15) is 16.5 Å². The summed E-state index contributed by atoms with van der Waals surface area (Å²) in [5.74, 6) is -0.0489. The van der Waals surface area contributed by atoms with E-state index in [9.17, 15) is 18.0 Å². The number of thiophene rings is 1. The summed E-state index contributed by atoms with van der Waals surface area (Å²) in [6, 6.07) is 8.84. The number of carbonyl (C=O) groups is 1. The number of anilines is 1. The smallest absolute Gasteiger partial charge is 0.433 e. The van der Waals surface area contributed by atoms with E-state index in [1.165, 1.54) is 37.7 Å². The highest BCUT2D eigenvalue weighted by Crippen LogP contribution is 2.36. The Morgan fingerprint density at radius 1 is 1.19 bits per heavy atom. The molecule has 1 aromatic carbocycles. The SMILES string of the molecule is COc1ccc(NC(=O)c2nn3c(C(F)(F)F)cc(-c4cccs4)nc3c2Cl)c(OC)c1. The predicted octanol–water partition coefficient (Wildman–Crippen LogP) is 5.40. The van der Waals surface area contributed by atoms with Crippen LogP contribution in [0.15, 0.2) is 41.8 Å². The molecule has 3 aromatic heterocycles. The first-order valence-corrected chi connectivity index (χ1v) is 10.2. The van der Waals surface area contributed by atoms with E-state index in [0.29, 0.717) is 15.1 Å². The fourth-order valence-electron chi connectivity index (χ4n) is 2.97. The third-order valence-electron chi connectivity index (χ3n) is 4.47. The third kappa shape index (κ3) is 3.96. The van der Waals surface area contributed by atoms with Gasteiger partial charge in [-0.25, -0.2) is 9.50 Å². The van der Waals surface area contributed by atoms with Gasteiger partial charge in [0.25, 0.3) is 5.91 Å². The van der Waals surface area contributed by atoms with Gasteiger partial charge in [0.2, 0.25) is 0 Å². The second kappa shape index (κ2) is 8.32. The molecule has 12 heteroatoms. The molecule has 0 atom stereocenters. The molecular weight excluding hydrogens is 469 g/mol. The number of carbonyl (C=O) groups excluding carboxylic acids is 1. The van der Waals surface area contributed by atoms with Crippen molar-refractivity contribution < 1.29 is 27.4 Å². The summed E-state index contributed by atoms with van der Waals surface area (Å²) in [6.45, 7) is 0. The molecule has 1 N–H and O–H groups in total. The van der Waals surface area contributed by atoms with Crippen LogP contribution in [0.5, 0.6) is 11.5 Å². The number of aromatic nitrogens is 3. The first-order valence-electron chi connectivity index (χ1n) is 8.96. The zero-order valence-electron chi connectivity index (χ0n) is 16.5. The van der Waals surface area contributed by atoms with Gasteiger partial charge in [-0.2, -0.15) is 18.3 Å². The summed E-state index contributed by atoms with van der Waals surface area (Å²) in [7, 11) is 2.87. The third-order valence-corrected chi connectivity index (χ3v) is 5.71. The lowest BCUT2D eigenvalue weighted by Gasteiger charge is -2.11. The van der Waals surface area contributed by atoms with Crippen LogP contribution in [0.3, 0.4) is 0 Å². The van der Waals surface area contributed by atoms with Crippen LogP contribution in [-0.2, 0) is 6.18 Å². The number of alkyl halides is 3. The molecular formula is C20H14ClF3N4O3S. The lowest BCUT2D eigenvalue weighted by atomic mass is 10.2. The zero-order chi connectivity index (χ0) is 23.0. The van der Waals surface area contributed by atoms with Crippen LogP contribution < -0.4 is 14.8 Å². The molecule has 0 aliphatic heterocycles. The number of hydrogen-bond acceptors (Lipinski definition) is 6. The number of halogens is 4. The summed E-state index contributed by atoms with van der Waals surface area (Å²) in [4.78, 5) is 17.6. The number of nitrogens with zero attached hydrogens (tertiary/aromatic N) is 3. The molecule has 1 amide bonds. The molecule has 0 unspecified atom stereocenters. The van der Waals surface area contributed by atoms with E-state index < -0.39 is 23.5 Å². The monoisotopic (exact) mass is 482 g/mol. The van der Waals surface area contributed by atoms with Gasteiger partial charge in [-0.3, -0.25) is 4.79 Å².